The van der Waals surface area contributed by atoms with Gasteiger partial charge in [0.15, 0.2) is 0 Å². The van der Waals surface area contributed by atoms with Gasteiger partial charge < -0.3 is 15.0 Å². The molecule has 0 aromatic carbocycles. The summed E-state index contributed by atoms with van der Waals surface area (Å²) in [6.07, 6.45) is 8.35. The molecule has 1 aliphatic heterocycles. The molecule has 118 valence electrons. The molecule has 0 aromatic heterocycles. The Morgan fingerprint density at radius 1 is 1.10 bits per heavy atom. The number of hydrogen-bond acceptors (Lipinski definition) is 3. The van der Waals surface area contributed by atoms with E-state index in [1.807, 2.05) is 4.90 Å². The average molecular weight is 294 g/mol. The summed E-state index contributed by atoms with van der Waals surface area (Å²) >= 11 is 0. The minimum atomic E-state index is -0.245. The molecular formula is C16H26N2O3. The van der Waals surface area contributed by atoms with Crippen LogP contribution in [-0.2, 0) is 9.53 Å². The summed E-state index contributed by atoms with van der Waals surface area (Å²) < 4.78 is 5.03. The maximum atomic E-state index is 12.2. The van der Waals surface area contributed by atoms with Gasteiger partial charge in [-0.15, -0.1) is 0 Å². The van der Waals surface area contributed by atoms with Crippen molar-refractivity contribution < 1.29 is 14.3 Å². The molecule has 0 unspecified atom stereocenters. The van der Waals surface area contributed by atoms with Crippen LogP contribution in [0.4, 0.5) is 4.79 Å². The molecule has 0 atom stereocenters. The molecule has 2 saturated carbocycles. The number of likely N-dealkylation sites (tertiary alicyclic amines) is 1. The fraction of sp³-hybridized carbons (Fsp3) is 0.875. The third-order valence-corrected chi connectivity index (χ3v) is 5.83. The van der Waals surface area contributed by atoms with Gasteiger partial charge >= 0.3 is 12.0 Å². The number of amides is 2. The van der Waals surface area contributed by atoms with E-state index in [9.17, 15) is 9.59 Å². The summed E-state index contributed by atoms with van der Waals surface area (Å²) in [5, 5.41) is 3.10. The summed E-state index contributed by atoms with van der Waals surface area (Å²) in [6.45, 7) is 1.53. The Balaban J connectivity index is 1.52. The quantitative estimate of drug-likeness (QED) is 0.813. The normalized spacial score (nSPS) is 25.7. The van der Waals surface area contributed by atoms with Crippen LogP contribution in [-0.4, -0.2) is 43.1 Å². The second-order valence-corrected chi connectivity index (χ2v) is 6.84. The van der Waals surface area contributed by atoms with E-state index in [-0.39, 0.29) is 17.4 Å². The lowest BCUT2D eigenvalue weighted by molar-refractivity contribution is -0.165. The maximum absolute atomic E-state index is 12.2. The first-order chi connectivity index (χ1) is 10.2. The lowest BCUT2D eigenvalue weighted by atomic mass is 9.58. The van der Waals surface area contributed by atoms with Gasteiger partial charge in [-0.25, -0.2) is 4.79 Å². The van der Waals surface area contributed by atoms with Gasteiger partial charge in [0.1, 0.15) is 0 Å². The highest BCUT2D eigenvalue weighted by molar-refractivity contribution is 5.78. The van der Waals surface area contributed by atoms with Gasteiger partial charge in [-0.1, -0.05) is 6.42 Å². The Morgan fingerprint density at radius 2 is 1.76 bits per heavy atom. The van der Waals surface area contributed by atoms with E-state index in [0.717, 1.165) is 58.0 Å². The summed E-state index contributed by atoms with van der Waals surface area (Å²) in [4.78, 5) is 26.2. The average Bonchev–Trinajstić information content (AvgIpc) is 2.42. The number of methoxy groups -OCH3 is 1. The first-order valence-corrected chi connectivity index (χ1v) is 8.29. The van der Waals surface area contributed by atoms with E-state index in [1.165, 1.54) is 13.5 Å². The molecular weight excluding hydrogens is 268 g/mol. The number of hydrogen-bond donors (Lipinski definition) is 1. The number of carbonyl (C=O) groups excluding carboxylic acids is 2. The number of urea groups is 1. The van der Waals surface area contributed by atoms with Gasteiger partial charge in [0.05, 0.1) is 12.5 Å². The molecule has 0 radical (unpaired) electrons. The fourth-order valence-corrected chi connectivity index (χ4v) is 3.99. The van der Waals surface area contributed by atoms with Crippen LogP contribution in [0.3, 0.4) is 0 Å². The van der Waals surface area contributed by atoms with Crippen molar-refractivity contribution in [3.05, 3.63) is 0 Å². The predicted molar refractivity (Wildman–Crippen MR) is 78.8 cm³/mol. The number of carbonyl (C=O) groups is 2. The van der Waals surface area contributed by atoms with Crippen LogP contribution < -0.4 is 5.32 Å². The monoisotopic (exact) mass is 294 g/mol. The highest BCUT2D eigenvalue weighted by atomic mass is 16.5. The van der Waals surface area contributed by atoms with E-state index in [2.05, 4.69) is 5.32 Å². The van der Waals surface area contributed by atoms with E-state index >= 15 is 0 Å². The highest BCUT2D eigenvalue weighted by Crippen LogP contribution is 2.51. The molecule has 3 rings (SSSR count). The number of rotatable bonds is 3. The second kappa shape index (κ2) is 5.85. The molecule has 5 heteroatoms. The number of piperidine rings is 1. The second-order valence-electron chi connectivity index (χ2n) is 6.84. The highest BCUT2D eigenvalue weighted by Gasteiger charge is 2.51. The Bertz CT molecular complexity index is 408. The topological polar surface area (TPSA) is 58.6 Å². The fourth-order valence-electron chi connectivity index (χ4n) is 3.99. The summed E-state index contributed by atoms with van der Waals surface area (Å²) in [5.41, 5.74) is -0.245. The van der Waals surface area contributed by atoms with Gasteiger partial charge in [-0.2, -0.15) is 0 Å². The van der Waals surface area contributed by atoms with E-state index in [4.69, 9.17) is 4.74 Å². The number of nitrogens with zero attached hydrogens (tertiary/aromatic N) is 1. The van der Waals surface area contributed by atoms with Crippen LogP contribution in [0.1, 0.15) is 51.4 Å². The van der Waals surface area contributed by atoms with Gasteiger partial charge in [0.2, 0.25) is 0 Å². The van der Waals surface area contributed by atoms with E-state index < -0.39 is 0 Å². The van der Waals surface area contributed by atoms with Crippen LogP contribution in [0.2, 0.25) is 0 Å². The lowest BCUT2D eigenvalue weighted by Gasteiger charge is -2.48. The summed E-state index contributed by atoms with van der Waals surface area (Å²) in [5.74, 6) is 0.345. The van der Waals surface area contributed by atoms with Crippen molar-refractivity contribution in [2.24, 2.45) is 11.3 Å². The molecule has 1 N–H and O–H groups in total. The van der Waals surface area contributed by atoms with Gasteiger partial charge in [-0.05, 0) is 50.9 Å². The molecule has 0 aromatic rings. The predicted octanol–water partition coefficient (Wildman–Crippen LogP) is 2.30. The Kier molecular flexibility index (Phi) is 4.09. The van der Waals surface area contributed by atoms with Gasteiger partial charge in [-0.3, -0.25) is 4.79 Å². The van der Waals surface area contributed by atoms with Crippen molar-refractivity contribution in [1.29, 1.82) is 0 Å². The van der Waals surface area contributed by atoms with E-state index in [1.54, 1.807) is 0 Å². The van der Waals surface area contributed by atoms with Crippen LogP contribution >= 0.6 is 0 Å². The molecule has 2 aliphatic carbocycles. The van der Waals surface area contributed by atoms with Crippen molar-refractivity contribution in [3.63, 3.8) is 0 Å². The molecule has 0 bridgehead atoms. The van der Waals surface area contributed by atoms with Crippen LogP contribution in [0.25, 0.3) is 0 Å². The maximum Gasteiger partial charge on any atom is 0.317 e. The van der Waals surface area contributed by atoms with Crippen molar-refractivity contribution in [2.45, 2.75) is 57.4 Å². The van der Waals surface area contributed by atoms with Gasteiger partial charge in [0.25, 0.3) is 0 Å². The standard InChI is InChI=1S/C16H26N2O3/c1-21-14(19)16(8-3-9-16)12-6-10-18(11-7-12)15(20)17-13-4-2-5-13/h12-13H,2-11H2,1H3,(H,17,20). The van der Waals surface area contributed by atoms with Crippen LogP contribution in [0.15, 0.2) is 0 Å². The van der Waals surface area contributed by atoms with Crippen LogP contribution in [0.5, 0.6) is 0 Å². The number of ether oxygens (including phenoxy) is 1. The van der Waals surface area contributed by atoms with Crippen molar-refractivity contribution in [3.8, 4) is 0 Å². The minimum Gasteiger partial charge on any atom is -0.469 e. The molecule has 0 spiro atoms. The molecule has 3 aliphatic rings. The first kappa shape index (κ1) is 14.7. The SMILES string of the molecule is COC(=O)C1(C2CCN(C(=O)NC3CCC3)CC2)CCC1. The smallest absolute Gasteiger partial charge is 0.317 e. The zero-order valence-corrected chi connectivity index (χ0v) is 12.9. The first-order valence-electron chi connectivity index (χ1n) is 8.29. The van der Waals surface area contributed by atoms with Crippen molar-refractivity contribution in [2.75, 3.05) is 20.2 Å². The number of esters is 1. The van der Waals surface area contributed by atoms with Crippen molar-refractivity contribution in [1.82, 2.24) is 10.2 Å². The largest absolute Gasteiger partial charge is 0.469 e. The Morgan fingerprint density at radius 3 is 2.19 bits per heavy atom. The number of nitrogens with one attached hydrogen (secondary N) is 1. The molecule has 5 nitrogen and oxygen atoms in total. The summed E-state index contributed by atoms with van der Waals surface area (Å²) in [7, 11) is 1.49. The Hall–Kier alpha value is -1.26. The third-order valence-electron chi connectivity index (χ3n) is 5.83. The zero-order chi connectivity index (χ0) is 14.9. The molecule has 3 fully saturated rings. The zero-order valence-electron chi connectivity index (χ0n) is 12.9. The molecule has 1 saturated heterocycles. The minimum absolute atomic E-state index is 0.0360. The molecule has 1 heterocycles. The van der Waals surface area contributed by atoms with Gasteiger partial charge in [0, 0.05) is 19.1 Å². The molecule has 2 amide bonds. The third kappa shape index (κ3) is 2.62. The summed E-state index contributed by atoms with van der Waals surface area (Å²) in [6, 6.07) is 0.474. The Labute approximate surface area is 126 Å². The van der Waals surface area contributed by atoms with E-state index in [0.29, 0.717) is 12.0 Å². The van der Waals surface area contributed by atoms with Crippen LogP contribution in [0, 0.1) is 11.3 Å². The molecule has 21 heavy (non-hydrogen) atoms. The van der Waals surface area contributed by atoms with Crippen molar-refractivity contribution >= 4 is 12.0 Å². The lowest BCUT2D eigenvalue weighted by Crippen LogP contribution is -2.53.